The fourth-order valence-electron chi connectivity index (χ4n) is 0.231. The fourth-order valence-corrected chi connectivity index (χ4v) is 0.231. The van der Waals surface area contributed by atoms with Crippen LogP contribution in [-0.4, -0.2) is 6.67 Å². The van der Waals surface area contributed by atoms with Crippen molar-refractivity contribution in [3.63, 3.8) is 0 Å². The van der Waals surface area contributed by atoms with Gasteiger partial charge in [-0.25, -0.2) is 0 Å². The van der Waals surface area contributed by atoms with E-state index in [2.05, 4.69) is 0 Å². The number of rotatable bonds is 1. The van der Waals surface area contributed by atoms with Gasteiger partial charge in [0.25, 0.3) is 0 Å². The number of hydrogen-bond donors (Lipinski definition) is 0. The molecular weight excluding hydrogens is 91.1 g/mol. The molecule has 0 aromatic rings. The van der Waals surface area contributed by atoms with Gasteiger partial charge < -0.3 is 0 Å². The van der Waals surface area contributed by atoms with E-state index in [1.807, 2.05) is 20.8 Å². The van der Waals surface area contributed by atoms with Crippen molar-refractivity contribution in [2.24, 2.45) is 5.41 Å². The van der Waals surface area contributed by atoms with E-state index < -0.39 is 0 Å². The summed E-state index contributed by atoms with van der Waals surface area (Å²) in [5.41, 5.74) is 0.0503. The van der Waals surface area contributed by atoms with E-state index in [0.717, 1.165) is 0 Å². The summed E-state index contributed by atoms with van der Waals surface area (Å²) in [7, 11) is 0. The molecule has 0 amide bonds. The highest BCUT2D eigenvalue weighted by Gasteiger charge is 2.08. The summed E-state index contributed by atoms with van der Waals surface area (Å²) in [6, 6.07) is 0. The average molecular weight is 103 g/mol. The zero-order valence-electron chi connectivity index (χ0n) is 5.16. The molecule has 0 aromatic carbocycles. The van der Waals surface area contributed by atoms with Gasteiger partial charge in [-0.2, -0.15) is 0 Å². The minimum atomic E-state index is -0.316. The summed E-state index contributed by atoms with van der Waals surface area (Å²) in [5.74, 6) is 0. The first-order valence-electron chi connectivity index (χ1n) is 2.46. The van der Waals surface area contributed by atoms with Crippen LogP contribution in [0.2, 0.25) is 0 Å². The molecule has 0 unspecified atom stereocenters. The third-order valence-corrected chi connectivity index (χ3v) is 0.690. The first kappa shape index (κ1) is 6.93. The third-order valence-electron chi connectivity index (χ3n) is 0.690. The maximum atomic E-state index is 11.4. The van der Waals surface area contributed by atoms with Gasteiger partial charge in [0, 0.05) is 0 Å². The standard InChI is InChI=1S/C6H12F/c1-6(2,3)4-5-7/h4H,5H2,1-3H3. The van der Waals surface area contributed by atoms with E-state index in [-0.39, 0.29) is 12.1 Å². The van der Waals surface area contributed by atoms with Crippen molar-refractivity contribution in [1.82, 2.24) is 0 Å². The molecule has 1 radical (unpaired) electrons. The van der Waals surface area contributed by atoms with Gasteiger partial charge in [-0.15, -0.1) is 0 Å². The summed E-state index contributed by atoms with van der Waals surface area (Å²) in [6.45, 7) is 5.62. The summed E-state index contributed by atoms with van der Waals surface area (Å²) in [5, 5.41) is 0. The Kier molecular flexibility index (Phi) is 2.27. The summed E-state index contributed by atoms with van der Waals surface area (Å²) in [4.78, 5) is 0. The van der Waals surface area contributed by atoms with Crippen molar-refractivity contribution in [2.45, 2.75) is 20.8 Å². The molecule has 0 heterocycles. The summed E-state index contributed by atoms with van der Waals surface area (Å²) in [6.07, 6.45) is 1.65. The molecule has 0 saturated heterocycles. The minimum Gasteiger partial charge on any atom is -0.251 e. The summed E-state index contributed by atoms with van der Waals surface area (Å²) < 4.78 is 11.4. The molecule has 0 bridgehead atoms. The van der Waals surface area contributed by atoms with Crippen LogP contribution in [0, 0.1) is 11.8 Å². The van der Waals surface area contributed by atoms with Crippen LogP contribution in [0.3, 0.4) is 0 Å². The van der Waals surface area contributed by atoms with Gasteiger partial charge in [0.05, 0.1) is 6.67 Å². The molecule has 7 heavy (non-hydrogen) atoms. The summed E-state index contributed by atoms with van der Waals surface area (Å²) >= 11 is 0. The topological polar surface area (TPSA) is 0 Å². The van der Waals surface area contributed by atoms with Crippen LogP contribution in [0.4, 0.5) is 4.39 Å². The molecule has 0 fully saturated rings. The Labute approximate surface area is 44.7 Å². The lowest BCUT2D eigenvalue weighted by Crippen LogP contribution is -2.05. The maximum Gasteiger partial charge on any atom is 0.0931 e. The van der Waals surface area contributed by atoms with E-state index in [4.69, 9.17) is 0 Å². The second-order valence-corrected chi connectivity index (χ2v) is 2.72. The quantitative estimate of drug-likeness (QED) is 0.477. The monoisotopic (exact) mass is 103 g/mol. The second kappa shape index (κ2) is 2.29. The molecule has 0 atom stereocenters. The highest BCUT2D eigenvalue weighted by atomic mass is 19.1. The Morgan fingerprint density at radius 2 is 1.86 bits per heavy atom. The smallest absolute Gasteiger partial charge is 0.0931 e. The molecule has 0 spiro atoms. The van der Waals surface area contributed by atoms with E-state index >= 15 is 0 Å². The normalized spacial score (nSPS) is 12.0. The Bertz CT molecular complexity index is 42.6. The maximum absolute atomic E-state index is 11.4. The highest BCUT2D eigenvalue weighted by molar-refractivity contribution is 4.78. The zero-order chi connectivity index (χ0) is 5.91. The van der Waals surface area contributed by atoms with Crippen molar-refractivity contribution in [3.8, 4) is 0 Å². The van der Waals surface area contributed by atoms with Crippen LogP contribution >= 0.6 is 0 Å². The van der Waals surface area contributed by atoms with Crippen molar-refractivity contribution in [3.05, 3.63) is 6.42 Å². The van der Waals surface area contributed by atoms with Gasteiger partial charge in [0.2, 0.25) is 0 Å². The number of alkyl halides is 1. The van der Waals surface area contributed by atoms with Crippen LogP contribution < -0.4 is 0 Å². The molecule has 0 nitrogen and oxygen atoms in total. The van der Waals surface area contributed by atoms with E-state index in [1.165, 1.54) is 0 Å². The third kappa shape index (κ3) is 5.93. The molecule has 0 aliphatic carbocycles. The Balaban J connectivity index is 3.15. The SMILES string of the molecule is CC(C)(C)[CH]CF. The lowest BCUT2D eigenvalue weighted by Gasteiger charge is -2.13. The molecule has 0 rings (SSSR count). The molecule has 0 aliphatic rings. The Morgan fingerprint density at radius 3 is 1.86 bits per heavy atom. The first-order valence-corrected chi connectivity index (χ1v) is 2.46. The van der Waals surface area contributed by atoms with Crippen molar-refractivity contribution >= 4 is 0 Å². The van der Waals surface area contributed by atoms with Gasteiger partial charge in [-0.3, -0.25) is 4.39 Å². The first-order chi connectivity index (χ1) is 3.06. The lowest BCUT2D eigenvalue weighted by molar-refractivity contribution is 0.415. The van der Waals surface area contributed by atoms with Crippen LogP contribution in [0.5, 0.6) is 0 Å². The van der Waals surface area contributed by atoms with Crippen LogP contribution in [0.15, 0.2) is 0 Å². The van der Waals surface area contributed by atoms with Gasteiger partial charge in [0.15, 0.2) is 0 Å². The fraction of sp³-hybridized carbons (Fsp3) is 0.833. The highest BCUT2D eigenvalue weighted by Crippen LogP contribution is 2.16. The van der Waals surface area contributed by atoms with Crippen LogP contribution in [0.25, 0.3) is 0 Å². The minimum absolute atomic E-state index is 0.0503. The van der Waals surface area contributed by atoms with Crippen LogP contribution in [0.1, 0.15) is 20.8 Å². The molecule has 0 saturated carbocycles. The van der Waals surface area contributed by atoms with E-state index in [0.29, 0.717) is 0 Å². The predicted octanol–water partition coefficient (Wildman–Crippen LogP) is 2.21. The van der Waals surface area contributed by atoms with E-state index in [1.54, 1.807) is 6.42 Å². The van der Waals surface area contributed by atoms with Crippen LogP contribution in [-0.2, 0) is 0 Å². The van der Waals surface area contributed by atoms with Gasteiger partial charge in [-0.05, 0) is 11.8 Å². The molecular formula is C6H12F. The Hall–Kier alpha value is -0.0700. The van der Waals surface area contributed by atoms with Crippen molar-refractivity contribution in [2.75, 3.05) is 6.67 Å². The van der Waals surface area contributed by atoms with E-state index in [9.17, 15) is 4.39 Å². The van der Waals surface area contributed by atoms with Crippen molar-refractivity contribution in [1.29, 1.82) is 0 Å². The van der Waals surface area contributed by atoms with Crippen molar-refractivity contribution < 1.29 is 4.39 Å². The number of halogens is 1. The average Bonchev–Trinajstić information content (AvgIpc) is 1.30. The molecule has 0 aromatic heterocycles. The van der Waals surface area contributed by atoms with Gasteiger partial charge in [0.1, 0.15) is 0 Å². The predicted molar refractivity (Wildman–Crippen MR) is 29.7 cm³/mol. The van der Waals surface area contributed by atoms with Gasteiger partial charge in [-0.1, -0.05) is 20.8 Å². The molecule has 43 valence electrons. The second-order valence-electron chi connectivity index (χ2n) is 2.72. The molecule has 1 heteroatoms. The Morgan fingerprint density at radius 1 is 1.43 bits per heavy atom. The largest absolute Gasteiger partial charge is 0.251 e. The lowest BCUT2D eigenvalue weighted by atomic mass is 9.93. The molecule has 0 aliphatic heterocycles. The molecule has 0 N–H and O–H groups in total. The zero-order valence-corrected chi connectivity index (χ0v) is 5.16. The van der Waals surface area contributed by atoms with Gasteiger partial charge >= 0.3 is 0 Å². The number of hydrogen-bond acceptors (Lipinski definition) is 0.